The Labute approximate surface area is 164 Å². The Morgan fingerprint density at radius 1 is 1.11 bits per heavy atom. The van der Waals surface area contributed by atoms with Gasteiger partial charge < -0.3 is 9.67 Å². The van der Waals surface area contributed by atoms with Crippen LogP contribution >= 0.6 is 11.6 Å². The van der Waals surface area contributed by atoms with Crippen LogP contribution in [0.2, 0.25) is 5.02 Å². The molecule has 0 amide bonds. The van der Waals surface area contributed by atoms with Crippen LogP contribution in [-0.4, -0.2) is 18.1 Å². The number of hydrogen-bond donors (Lipinski definition) is 2. The number of sulfonamides is 1. The molecule has 3 aromatic rings. The van der Waals surface area contributed by atoms with Gasteiger partial charge in [0.1, 0.15) is 0 Å². The lowest BCUT2D eigenvalue weighted by Crippen LogP contribution is -2.12. The van der Waals surface area contributed by atoms with E-state index in [9.17, 15) is 13.5 Å². The summed E-state index contributed by atoms with van der Waals surface area (Å²) >= 11 is 6.01. The predicted molar refractivity (Wildman–Crippen MR) is 108 cm³/mol. The van der Waals surface area contributed by atoms with Crippen molar-refractivity contribution in [1.82, 2.24) is 4.57 Å². The van der Waals surface area contributed by atoms with Gasteiger partial charge in [-0.2, -0.15) is 0 Å². The largest absolute Gasteiger partial charge is 0.388 e. The molecule has 0 fully saturated rings. The van der Waals surface area contributed by atoms with Crippen LogP contribution in [0.4, 0.5) is 0 Å². The molecular formula is C20H21ClN2O3S. The summed E-state index contributed by atoms with van der Waals surface area (Å²) in [4.78, 5) is 0.0536. The van der Waals surface area contributed by atoms with E-state index >= 15 is 0 Å². The van der Waals surface area contributed by atoms with Crippen molar-refractivity contribution >= 4 is 21.6 Å². The van der Waals surface area contributed by atoms with Crippen molar-refractivity contribution in [2.45, 2.75) is 31.3 Å². The van der Waals surface area contributed by atoms with Gasteiger partial charge in [0.2, 0.25) is 10.0 Å². The average Bonchev–Trinajstić information content (AvgIpc) is 2.98. The maximum Gasteiger partial charge on any atom is 0.238 e. The summed E-state index contributed by atoms with van der Waals surface area (Å²) in [6.07, 6.45) is 0.0101. The Bertz CT molecular complexity index is 1060. The van der Waals surface area contributed by atoms with E-state index in [2.05, 4.69) is 0 Å². The molecule has 0 radical (unpaired) electrons. The number of aliphatic hydroxyl groups is 1. The Morgan fingerprint density at radius 2 is 1.70 bits per heavy atom. The van der Waals surface area contributed by atoms with Crippen LogP contribution in [0.1, 0.15) is 30.7 Å². The van der Waals surface area contributed by atoms with E-state index in [0.717, 1.165) is 28.2 Å². The quantitative estimate of drug-likeness (QED) is 0.668. The zero-order valence-electron chi connectivity index (χ0n) is 15.1. The Hall–Kier alpha value is -2.12. The van der Waals surface area contributed by atoms with Crippen LogP contribution in [0, 0.1) is 6.92 Å². The summed E-state index contributed by atoms with van der Waals surface area (Å²) in [6.45, 7) is 3.85. The molecule has 0 aliphatic heterocycles. The number of rotatable bonds is 5. The molecule has 0 aliphatic carbocycles. The highest BCUT2D eigenvalue weighted by molar-refractivity contribution is 7.89. The van der Waals surface area contributed by atoms with Crippen molar-refractivity contribution in [1.29, 1.82) is 0 Å². The highest BCUT2D eigenvalue weighted by atomic mass is 35.5. The number of hydrogen-bond acceptors (Lipinski definition) is 3. The van der Waals surface area contributed by atoms with E-state index in [1.807, 2.05) is 48.7 Å². The maximum absolute atomic E-state index is 11.5. The lowest BCUT2D eigenvalue weighted by Gasteiger charge is -2.14. The first-order valence-electron chi connectivity index (χ1n) is 8.52. The number of nitrogens with zero attached hydrogens (tertiary/aromatic N) is 1. The van der Waals surface area contributed by atoms with Crippen LogP contribution in [0.5, 0.6) is 0 Å². The number of nitrogens with two attached hydrogens (primary N) is 1. The van der Waals surface area contributed by atoms with Gasteiger partial charge in [0.25, 0.3) is 0 Å². The van der Waals surface area contributed by atoms with Gasteiger partial charge in [-0.3, -0.25) is 0 Å². The van der Waals surface area contributed by atoms with Gasteiger partial charge in [-0.05, 0) is 61.4 Å². The second-order valence-electron chi connectivity index (χ2n) is 6.38. The van der Waals surface area contributed by atoms with Gasteiger partial charge in [-0.25, -0.2) is 13.6 Å². The zero-order valence-corrected chi connectivity index (χ0v) is 16.6. The topological polar surface area (TPSA) is 85.3 Å². The molecule has 1 aromatic heterocycles. The minimum Gasteiger partial charge on any atom is -0.388 e. The van der Waals surface area contributed by atoms with Crippen LogP contribution in [0.15, 0.2) is 59.5 Å². The fraction of sp³-hybridized carbons (Fsp3) is 0.200. The lowest BCUT2D eigenvalue weighted by molar-refractivity contribution is 0.173. The molecule has 0 aliphatic rings. The minimum absolute atomic E-state index is 0.0536. The van der Waals surface area contributed by atoms with E-state index in [1.165, 1.54) is 12.1 Å². The summed E-state index contributed by atoms with van der Waals surface area (Å²) in [6, 6.07) is 15.8. The Morgan fingerprint density at radius 3 is 2.22 bits per heavy atom. The highest BCUT2D eigenvalue weighted by Gasteiger charge is 2.19. The lowest BCUT2D eigenvalue weighted by atomic mass is 10.1. The van der Waals surface area contributed by atoms with Crippen molar-refractivity contribution in [3.63, 3.8) is 0 Å². The average molecular weight is 405 g/mol. The van der Waals surface area contributed by atoms with Gasteiger partial charge in [0.15, 0.2) is 0 Å². The standard InChI is InChI=1S/C20H21ClN2O3S/c1-3-20(24)18-12-19(14-4-6-15(21)7-5-14)23(13(18)2)16-8-10-17(11-9-16)27(22,25)26/h4-12,20,24H,3H2,1-2H3,(H2,22,25,26). The van der Waals surface area contributed by atoms with Gasteiger partial charge >= 0.3 is 0 Å². The summed E-state index contributed by atoms with van der Waals surface area (Å²) in [5, 5.41) is 16.2. The molecule has 27 heavy (non-hydrogen) atoms. The number of primary sulfonamides is 1. The molecule has 5 nitrogen and oxygen atoms in total. The van der Waals surface area contributed by atoms with Crippen molar-refractivity contribution < 1.29 is 13.5 Å². The molecule has 7 heteroatoms. The SMILES string of the molecule is CCC(O)c1cc(-c2ccc(Cl)cc2)n(-c2ccc(S(N)(=O)=O)cc2)c1C. The minimum atomic E-state index is -3.76. The number of aromatic nitrogens is 1. The molecule has 0 saturated heterocycles. The van der Waals surface area contributed by atoms with E-state index < -0.39 is 16.1 Å². The number of halogens is 1. The van der Waals surface area contributed by atoms with E-state index in [4.69, 9.17) is 16.7 Å². The molecule has 1 atom stereocenters. The molecule has 3 rings (SSSR count). The Kier molecular flexibility index (Phi) is 5.44. The maximum atomic E-state index is 11.5. The summed E-state index contributed by atoms with van der Waals surface area (Å²) < 4.78 is 25.0. The first-order valence-corrected chi connectivity index (χ1v) is 10.4. The second kappa shape index (κ2) is 7.48. The molecule has 0 bridgehead atoms. The van der Waals surface area contributed by atoms with E-state index in [0.29, 0.717) is 11.4 Å². The molecule has 3 N–H and O–H groups in total. The first-order chi connectivity index (χ1) is 12.7. The third-order valence-electron chi connectivity index (χ3n) is 4.60. The third kappa shape index (κ3) is 3.94. The van der Waals surface area contributed by atoms with Gasteiger partial charge in [-0.15, -0.1) is 0 Å². The molecular weight excluding hydrogens is 384 g/mol. The summed E-state index contributed by atoms with van der Waals surface area (Å²) in [5.41, 5.74) is 4.32. The number of aliphatic hydroxyl groups excluding tert-OH is 1. The van der Waals surface area contributed by atoms with E-state index in [-0.39, 0.29) is 4.90 Å². The summed E-state index contributed by atoms with van der Waals surface area (Å²) in [5.74, 6) is 0. The molecule has 2 aromatic carbocycles. The smallest absolute Gasteiger partial charge is 0.238 e. The van der Waals surface area contributed by atoms with Crippen LogP contribution < -0.4 is 5.14 Å². The van der Waals surface area contributed by atoms with Gasteiger partial charge in [0.05, 0.1) is 16.7 Å². The normalized spacial score (nSPS) is 12.9. The van der Waals surface area contributed by atoms with Crippen molar-refractivity contribution in [2.24, 2.45) is 5.14 Å². The van der Waals surface area contributed by atoms with Crippen molar-refractivity contribution in [3.05, 3.63) is 70.9 Å². The van der Waals surface area contributed by atoms with Gasteiger partial charge in [0, 0.05) is 22.0 Å². The Balaban J connectivity index is 2.21. The second-order valence-corrected chi connectivity index (χ2v) is 8.37. The van der Waals surface area contributed by atoms with Crippen LogP contribution in [0.25, 0.3) is 16.9 Å². The molecule has 0 saturated carbocycles. The molecule has 1 heterocycles. The fourth-order valence-corrected chi connectivity index (χ4v) is 3.78. The van der Waals surface area contributed by atoms with E-state index in [1.54, 1.807) is 12.1 Å². The van der Waals surface area contributed by atoms with Crippen molar-refractivity contribution in [3.8, 4) is 16.9 Å². The van der Waals surface area contributed by atoms with Gasteiger partial charge in [-0.1, -0.05) is 30.7 Å². The van der Waals surface area contributed by atoms with Crippen molar-refractivity contribution in [2.75, 3.05) is 0 Å². The molecule has 1 unspecified atom stereocenters. The molecule has 142 valence electrons. The molecule has 0 spiro atoms. The monoisotopic (exact) mass is 404 g/mol. The third-order valence-corrected chi connectivity index (χ3v) is 5.78. The fourth-order valence-electron chi connectivity index (χ4n) is 3.13. The van der Waals surface area contributed by atoms with Crippen LogP contribution in [-0.2, 0) is 10.0 Å². The highest BCUT2D eigenvalue weighted by Crippen LogP contribution is 2.34. The number of benzene rings is 2. The summed E-state index contributed by atoms with van der Waals surface area (Å²) in [7, 11) is -3.76. The predicted octanol–water partition coefficient (Wildman–Crippen LogP) is 4.20. The van der Waals surface area contributed by atoms with Crippen LogP contribution in [0.3, 0.4) is 0 Å². The zero-order chi connectivity index (χ0) is 19.8. The first kappa shape index (κ1) is 19.6.